The fourth-order valence-electron chi connectivity index (χ4n) is 5.52. The zero-order valence-corrected chi connectivity index (χ0v) is 13.2. The summed E-state index contributed by atoms with van der Waals surface area (Å²) in [5.74, 6) is 2.39. The van der Waals surface area contributed by atoms with Crippen LogP contribution in [0.1, 0.15) is 57.8 Å². The lowest BCUT2D eigenvalue weighted by atomic mass is 9.48. The Morgan fingerprint density at radius 2 is 1.82 bits per heavy atom. The molecule has 1 heterocycles. The number of aromatic nitrogens is 2. The standard InChI is InChI=1S/C17H24N2O3/c1-2-3-15-18-19(16(21)22-15)10-14(20)17-7-11-4-12(8-17)6-13(5-11)9-17/h11-13H,2-10H2,1H3. The second-order valence-electron chi connectivity index (χ2n) is 7.79. The number of carbonyl (C=O) groups excluding carboxylic acids is 1. The van der Waals surface area contributed by atoms with Crippen molar-refractivity contribution in [3.63, 3.8) is 0 Å². The summed E-state index contributed by atoms with van der Waals surface area (Å²) in [5.41, 5.74) is -0.169. The van der Waals surface area contributed by atoms with Crippen LogP contribution in [0.4, 0.5) is 0 Å². The monoisotopic (exact) mass is 304 g/mol. The summed E-state index contributed by atoms with van der Waals surface area (Å²) >= 11 is 0. The molecular weight excluding hydrogens is 280 g/mol. The number of Topliss-reactive ketones (excluding diaryl/α,β-unsaturated/α-hetero) is 1. The van der Waals surface area contributed by atoms with Crippen molar-refractivity contribution in [1.82, 2.24) is 9.78 Å². The molecule has 0 aromatic carbocycles. The smallest absolute Gasteiger partial charge is 0.392 e. The summed E-state index contributed by atoms with van der Waals surface area (Å²) in [6.45, 7) is 2.11. The largest absolute Gasteiger partial charge is 0.437 e. The Kier molecular flexibility index (Phi) is 3.27. The Morgan fingerprint density at radius 3 is 2.36 bits per heavy atom. The molecule has 120 valence electrons. The summed E-state index contributed by atoms with van der Waals surface area (Å²) in [5, 5.41) is 4.18. The van der Waals surface area contributed by atoms with Gasteiger partial charge in [-0.25, -0.2) is 4.79 Å². The van der Waals surface area contributed by atoms with Crippen LogP contribution in [-0.4, -0.2) is 15.6 Å². The van der Waals surface area contributed by atoms with Gasteiger partial charge in [0.25, 0.3) is 0 Å². The molecule has 1 aromatic rings. The second kappa shape index (κ2) is 5.07. The Hall–Kier alpha value is -1.39. The first kappa shape index (κ1) is 14.2. The van der Waals surface area contributed by atoms with Gasteiger partial charge in [-0.15, -0.1) is 5.10 Å². The molecule has 5 heteroatoms. The highest BCUT2D eigenvalue weighted by Gasteiger charge is 2.54. The lowest BCUT2D eigenvalue weighted by Crippen LogP contribution is -2.51. The molecule has 0 radical (unpaired) electrons. The van der Waals surface area contributed by atoms with Crippen molar-refractivity contribution in [3.8, 4) is 0 Å². The minimum atomic E-state index is -0.485. The van der Waals surface area contributed by atoms with E-state index in [4.69, 9.17) is 4.42 Å². The van der Waals surface area contributed by atoms with Crippen LogP contribution >= 0.6 is 0 Å². The van der Waals surface area contributed by atoms with E-state index in [2.05, 4.69) is 5.10 Å². The van der Waals surface area contributed by atoms with E-state index in [-0.39, 0.29) is 17.7 Å². The maximum Gasteiger partial charge on any atom is 0.437 e. The van der Waals surface area contributed by atoms with E-state index in [1.807, 2.05) is 6.92 Å². The van der Waals surface area contributed by atoms with E-state index in [0.717, 1.165) is 43.4 Å². The van der Waals surface area contributed by atoms with Gasteiger partial charge in [-0.3, -0.25) is 4.79 Å². The second-order valence-corrected chi connectivity index (χ2v) is 7.79. The van der Waals surface area contributed by atoms with Crippen LogP contribution in [0.15, 0.2) is 9.21 Å². The van der Waals surface area contributed by atoms with E-state index in [1.165, 1.54) is 23.9 Å². The van der Waals surface area contributed by atoms with Gasteiger partial charge in [0.2, 0.25) is 5.89 Å². The van der Waals surface area contributed by atoms with Gasteiger partial charge in [-0.1, -0.05) is 6.92 Å². The molecule has 4 bridgehead atoms. The van der Waals surface area contributed by atoms with Crippen molar-refractivity contribution in [3.05, 3.63) is 16.4 Å². The van der Waals surface area contributed by atoms with Crippen LogP contribution in [0.2, 0.25) is 0 Å². The molecule has 0 atom stereocenters. The molecule has 22 heavy (non-hydrogen) atoms. The van der Waals surface area contributed by atoms with Gasteiger partial charge in [0.1, 0.15) is 6.54 Å². The van der Waals surface area contributed by atoms with Crippen LogP contribution in [-0.2, 0) is 17.8 Å². The average molecular weight is 304 g/mol. The first-order valence-electron chi connectivity index (χ1n) is 8.68. The molecule has 0 unspecified atom stereocenters. The van der Waals surface area contributed by atoms with Crippen molar-refractivity contribution in [1.29, 1.82) is 0 Å². The van der Waals surface area contributed by atoms with Crippen LogP contribution in [0.3, 0.4) is 0 Å². The van der Waals surface area contributed by atoms with E-state index in [0.29, 0.717) is 12.3 Å². The third-order valence-electron chi connectivity index (χ3n) is 6.04. The summed E-state index contributed by atoms with van der Waals surface area (Å²) < 4.78 is 6.36. The van der Waals surface area contributed by atoms with Crippen molar-refractivity contribution >= 4 is 5.78 Å². The quantitative estimate of drug-likeness (QED) is 0.838. The molecule has 4 aliphatic carbocycles. The lowest BCUT2D eigenvalue weighted by molar-refractivity contribution is -0.144. The van der Waals surface area contributed by atoms with Gasteiger partial charge in [0.15, 0.2) is 5.78 Å². The van der Waals surface area contributed by atoms with Gasteiger partial charge < -0.3 is 4.42 Å². The summed E-state index contributed by atoms with van der Waals surface area (Å²) in [7, 11) is 0. The molecule has 5 rings (SSSR count). The Bertz CT molecular complexity index is 607. The maximum absolute atomic E-state index is 12.9. The molecule has 0 spiro atoms. The predicted octanol–water partition coefficient (Wildman–Crippen LogP) is 2.57. The normalized spacial score (nSPS) is 36.0. The molecule has 1 aromatic heterocycles. The number of nitrogens with zero attached hydrogens (tertiary/aromatic N) is 2. The summed E-state index contributed by atoms with van der Waals surface area (Å²) in [6.07, 6.45) is 8.58. The van der Waals surface area contributed by atoms with E-state index in [9.17, 15) is 9.59 Å². The molecule has 0 N–H and O–H groups in total. The minimum Gasteiger partial charge on any atom is -0.392 e. The lowest BCUT2D eigenvalue weighted by Gasteiger charge is -2.55. The average Bonchev–Trinajstić information content (AvgIpc) is 2.78. The third-order valence-corrected chi connectivity index (χ3v) is 6.04. The van der Waals surface area contributed by atoms with Crippen LogP contribution in [0.25, 0.3) is 0 Å². The molecular formula is C17H24N2O3. The Labute approximate surface area is 130 Å². The zero-order chi connectivity index (χ0) is 15.3. The number of carbonyl (C=O) groups is 1. The molecule has 4 aliphatic rings. The van der Waals surface area contributed by atoms with Gasteiger partial charge >= 0.3 is 5.76 Å². The molecule has 4 saturated carbocycles. The van der Waals surface area contributed by atoms with Crippen molar-refractivity contribution in [2.45, 2.75) is 64.8 Å². The van der Waals surface area contributed by atoms with E-state index >= 15 is 0 Å². The highest BCUT2D eigenvalue weighted by molar-refractivity contribution is 5.85. The van der Waals surface area contributed by atoms with Crippen LogP contribution in [0.5, 0.6) is 0 Å². The maximum atomic E-state index is 12.9. The van der Waals surface area contributed by atoms with E-state index in [1.54, 1.807) is 0 Å². The summed E-state index contributed by atoms with van der Waals surface area (Å²) in [6, 6.07) is 0. The van der Waals surface area contributed by atoms with Crippen LogP contribution in [0, 0.1) is 23.2 Å². The van der Waals surface area contributed by atoms with Gasteiger partial charge in [-0.05, 0) is 62.7 Å². The molecule has 4 fully saturated rings. The number of rotatable bonds is 5. The SMILES string of the molecule is CCCc1nn(CC(=O)C23CC4CC(CC(C4)C2)C3)c(=O)o1. The first-order valence-corrected chi connectivity index (χ1v) is 8.68. The molecule has 0 amide bonds. The van der Waals surface area contributed by atoms with Crippen LogP contribution < -0.4 is 5.76 Å². The highest BCUT2D eigenvalue weighted by Crippen LogP contribution is 2.60. The Balaban J connectivity index is 1.54. The third kappa shape index (κ3) is 2.25. The molecule has 5 nitrogen and oxygen atoms in total. The van der Waals surface area contributed by atoms with E-state index < -0.39 is 5.76 Å². The molecule has 0 saturated heterocycles. The molecule has 0 aliphatic heterocycles. The van der Waals surface area contributed by atoms with Gasteiger partial charge in [-0.2, -0.15) is 4.68 Å². The predicted molar refractivity (Wildman–Crippen MR) is 80.4 cm³/mol. The number of hydrogen-bond acceptors (Lipinski definition) is 4. The minimum absolute atomic E-state index is 0.0954. The number of hydrogen-bond donors (Lipinski definition) is 0. The fraction of sp³-hybridized carbons (Fsp3) is 0.824. The van der Waals surface area contributed by atoms with Crippen molar-refractivity contribution < 1.29 is 9.21 Å². The number of ketones is 1. The Morgan fingerprint density at radius 1 is 1.23 bits per heavy atom. The zero-order valence-electron chi connectivity index (χ0n) is 13.2. The van der Waals surface area contributed by atoms with Gasteiger partial charge in [0, 0.05) is 11.8 Å². The van der Waals surface area contributed by atoms with Crippen molar-refractivity contribution in [2.24, 2.45) is 23.2 Å². The topological polar surface area (TPSA) is 65.1 Å². The van der Waals surface area contributed by atoms with Gasteiger partial charge in [0.05, 0.1) is 0 Å². The summed E-state index contributed by atoms with van der Waals surface area (Å²) in [4.78, 5) is 24.8. The number of aryl methyl sites for hydroxylation is 1. The fourth-order valence-corrected chi connectivity index (χ4v) is 5.52. The first-order chi connectivity index (χ1) is 10.6. The van der Waals surface area contributed by atoms with Crippen molar-refractivity contribution in [2.75, 3.05) is 0 Å². The highest BCUT2D eigenvalue weighted by atomic mass is 16.4.